The van der Waals surface area contributed by atoms with Crippen LogP contribution in [0.15, 0.2) is 6.07 Å². The van der Waals surface area contributed by atoms with Crippen LogP contribution in [0.25, 0.3) is 0 Å². The molecule has 0 saturated carbocycles. The van der Waals surface area contributed by atoms with Gasteiger partial charge in [0.2, 0.25) is 0 Å². The second-order valence-electron chi connectivity index (χ2n) is 2.76. The van der Waals surface area contributed by atoms with Gasteiger partial charge in [0.25, 0.3) is 0 Å². The SMILES string of the molecule is Cc1[cH-]c(C)c(C)c1C.[Cl-].[Cl-].[Cl-].[SiH3].[Ti+4]. The van der Waals surface area contributed by atoms with Gasteiger partial charge in [-0.2, -0.15) is 28.3 Å². The molecule has 0 aromatic heterocycles. The summed E-state index contributed by atoms with van der Waals surface area (Å²) in [5.74, 6) is 0. The number of hydrogen-bond acceptors (Lipinski definition) is 0. The summed E-state index contributed by atoms with van der Waals surface area (Å²) in [6.07, 6.45) is 0. The molecule has 0 saturated heterocycles. The first-order valence-corrected chi connectivity index (χ1v) is 3.33. The van der Waals surface area contributed by atoms with Crippen LogP contribution in [-0.2, 0) is 21.7 Å². The average molecular weight is 307 g/mol. The van der Waals surface area contributed by atoms with Crippen LogP contribution < -0.4 is 37.2 Å². The Morgan fingerprint density at radius 1 is 0.714 bits per heavy atom. The van der Waals surface area contributed by atoms with Gasteiger partial charge in [0.1, 0.15) is 0 Å². The largest absolute Gasteiger partial charge is 4.00 e. The molecule has 0 bridgehead atoms. The first-order valence-electron chi connectivity index (χ1n) is 3.33. The van der Waals surface area contributed by atoms with Crippen molar-refractivity contribution in [3.63, 3.8) is 0 Å². The standard InChI is InChI=1S/C9H13.3ClH.H3Si.Ti/c1-6-5-7(2)9(4)8(6)3;;;;;/h5H,1-4H3;3*1H;1H3;/q-1;;;;;+4/p-3. The summed E-state index contributed by atoms with van der Waals surface area (Å²) in [7, 11) is 0. The van der Waals surface area contributed by atoms with Gasteiger partial charge in [0, 0.05) is 0 Å². The fourth-order valence-electron chi connectivity index (χ4n) is 1.13. The normalized spacial score (nSPS) is 6.57. The predicted octanol–water partition coefficient (Wildman–Crippen LogP) is -7.54. The molecule has 0 heterocycles. The average Bonchev–Trinajstić information content (AvgIpc) is 1.98. The number of rotatable bonds is 0. The van der Waals surface area contributed by atoms with Crippen molar-refractivity contribution >= 4 is 11.0 Å². The van der Waals surface area contributed by atoms with E-state index in [-0.39, 0.29) is 69.9 Å². The third-order valence-electron chi connectivity index (χ3n) is 2.18. The van der Waals surface area contributed by atoms with Gasteiger partial charge in [-0.3, -0.25) is 0 Å². The Morgan fingerprint density at radius 3 is 1.00 bits per heavy atom. The van der Waals surface area contributed by atoms with Crippen molar-refractivity contribution in [3.05, 3.63) is 28.3 Å². The third kappa shape index (κ3) is 6.60. The minimum absolute atomic E-state index is 0. The van der Waals surface area contributed by atoms with E-state index in [2.05, 4.69) is 33.8 Å². The van der Waals surface area contributed by atoms with Crippen LogP contribution in [0, 0.1) is 27.7 Å². The molecule has 1 rings (SSSR count). The summed E-state index contributed by atoms with van der Waals surface area (Å²) in [4.78, 5) is 0. The second kappa shape index (κ2) is 12.2. The van der Waals surface area contributed by atoms with E-state index in [9.17, 15) is 0 Å². The molecule has 0 atom stereocenters. The Morgan fingerprint density at radius 2 is 0.929 bits per heavy atom. The zero-order valence-electron chi connectivity index (χ0n) is 9.21. The monoisotopic (exact) mass is 305 g/mol. The van der Waals surface area contributed by atoms with Crippen LogP contribution in [-0.4, -0.2) is 11.0 Å². The first kappa shape index (κ1) is 29.4. The number of halogens is 3. The molecule has 0 amide bonds. The summed E-state index contributed by atoms with van der Waals surface area (Å²) >= 11 is 0. The van der Waals surface area contributed by atoms with E-state index in [0.717, 1.165) is 0 Å². The molecular formula is C9H16Cl3SiTi. The van der Waals surface area contributed by atoms with E-state index in [1.807, 2.05) is 0 Å². The van der Waals surface area contributed by atoms with Gasteiger partial charge < -0.3 is 37.2 Å². The molecule has 0 fully saturated rings. The van der Waals surface area contributed by atoms with Crippen LogP contribution in [0.1, 0.15) is 22.3 Å². The van der Waals surface area contributed by atoms with Gasteiger partial charge in [-0.15, -0.1) is 0 Å². The molecule has 81 valence electrons. The number of hydrogen-bond donors (Lipinski definition) is 0. The summed E-state index contributed by atoms with van der Waals surface area (Å²) in [6.45, 7) is 8.68. The molecule has 1 radical (unpaired) electrons. The molecule has 0 unspecified atom stereocenters. The molecule has 0 aliphatic heterocycles. The van der Waals surface area contributed by atoms with E-state index >= 15 is 0 Å². The molecule has 0 aliphatic carbocycles. The van der Waals surface area contributed by atoms with Gasteiger partial charge in [0.05, 0.1) is 0 Å². The van der Waals surface area contributed by atoms with Gasteiger partial charge >= 0.3 is 21.7 Å². The van der Waals surface area contributed by atoms with Gasteiger partial charge in [-0.05, 0) is 11.0 Å². The third-order valence-corrected chi connectivity index (χ3v) is 2.18. The summed E-state index contributed by atoms with van der Waals surface area (Å²) in [5, 5.41) is 0. The van der Waals surface area contributed by atoms with Gasteiger partial charge in [-0.1, -0.05) is 27.7 Å². The van der Waals surface area contributed by atoms with E-state index in [0.29, 0.717) is 0 Å². The fraction of sp³-hybridized carbons (Fsp3) is 0.444. The zero-order chi connectivity index (χ0) is 7.02. The van der Waals surface area contributed by atoms with E-state index in [4.69, 9.17) is 0 Å². The zero-order valence-corrected chi connectivity index (χ0v) is 15.0. The Balaban J connectivity index is -0.0000000540. The summed E-state index contributed by atoms with van der Waals surface area (Å²) in [6, 6.07) is 2.24. The maximum Gasteiger partial charge on any atom is 4.00 e. The molecule has 0 N–H and O–H groups in total. The van der Waals surface area contributed by atoms with Crippen molar-refractivity contribution in [2.45, 2.75) is 27.7 Å². The van der Waals surface area contributed by atoms with Crippen LogP contribution >= 0.6 is 0 Å². The molecule has 5 heteroatoms. The van der Waals surface area contributed by atoms with Crippen molar-refractivity contribution in [1.29, 1.82) is 0 Å². The fourth-order valence-corrected chi connectivity index (χ4v) is 1.13. The van der Waals surface area contributed by atoms with Crippen molar-refractivity contribution in [3.8, 4) is 0 Å². The molecular weight excluding hydrogens is 290 g/mol. The molecule has 0 aliphatic rings. The van der Waals surface area contributed by atoms with E-state index in [1.165, 1.54) is 22.3 Å². The van der Waals surface area contributed by atoms with Crippen molar-refractivity contribution < 1.29 is 58.9 Å². The van der Waals surface area contributed by atoms with Crippen molar-refractivity contribution in [2.24, 2.45) is 0 Å². The topological polar surface area (TPSA) is 0 Å². The molecule has 0 nitrogen and oxygen atoms in total. The molecule has 1 aromatic carbocycles. The van der Waals surface area contributed by atoms with Crippen molar-refractivity contribution in [2.75, 3.05) is 0 Å². The van der Waals surface area contributed by atoms with Crippen LogP contribution in [0.3, 0.4) is 0 Å². The Hall–Kier alpha value is 1.15. The first-order chi connectivity index (χ1) is 4.13. The number of aryl methyl sites for hydroxylation is 2. The van der Waals surface area contributed by atoms with Crippen LogP contribution in [0.2, 0.25) is 0 Å². The van der Waals surface area contributed by atoms with Crippen molar-refractivity contribution in [1.82, 2.24) is 0 Å². The maximum atomic E-state index is 2.24. The molecule has 0 spiro atoms. The van der Waals surface area contributed by atoms with Crippen LogP contribution in [0.4, 0.5) is 0 Å². The molecule has 14 heavy (non-hydrogen) atoms. The Bertz CT molecular complexity index is 214. The van der Waals surface area contributed by atoms with E-state index in [1.54, 1.807) is 0 Å². The quantitative estimate of drug-likeness (QED) is 0.330. The van der Waals surface area contributed by atoms with E-state index < -0.39 is 0 Å². The van der Waals surface area contributed by atoms with Gasteiger partial charge in [-0.25, -0.2) is 0 Å². The summed E-state index contributed by atoms with van der Waals surface area (Å²) < 4.78 is 0. The second-order valence-corrected chi connectivity index (χ2v) is 2.76. The Kier molecular flexibility index (Phi) is 25.7. The minimum atomic E-state index is 0. The summed E-state index contributed by atoms with van der Waals surface area (Å²) in [5.41, 5.74) is 5.75. The minimum Gasteiger partial charge on any atom is -1.00 e. The molecule has 1 aromatic rings. The predicted molar refractivity (Wildman–Crippen MR) is 50.9 cm³/mol. The van der Waals surface area contributed by atoms with Gasteiger partial charge in [0.15, 0.2) is 0 Å². The smallest absolute Gasteiger partial charge is 1.00 e. The Labute approximate surface area is 125 Å². The van der Waals surface area contributed by atoms with Crippen LogP contribution in [0.5, 0.6) is 0 Å². The maximum absolute atomic E-state index is 2.24.